The third kappa shape index (κ3) is 3.94. The van der Waals surface area contributed by atoms with Crippen LogP contribution in [0.3, 0.4) is 0 Å². The average molecular weight is 376 g/mol. The predicted octanol–water partition coefficient (Wildman–Crippen LogP) is 3.45. The van der Waals surface area contributed by atoms with E-state index in [0.29, 0.717) is 22.3 Å². The van der Waals surface area contributed by atoms with Gasteiger partial charge in [0.2, 0.25) is 5.60 Å². The van der Waals surface area contributed by atoms with Crippen LogP contribution in [0.25, 0.3) is 0 Å². The van der Waals surface area contributed by atoms with Crippen LogP contribution in [0.5, 0.6) is 0 Å². The van der Waals surface area contributed by atoms with Crippen molar-refractivity contribution in [2.75, 3.05) is 7.11 Å². The third-order valence-corrected chi connectivity index (χ3v) is 4.40. The Bertz CT molecular complexity index is 911. The molecule has 0 unspecified atom stereocenters. The van der Waals surface area contributed by atoms with Crippen LogP contribution in [-0.2, 0) is 26.5 Å². The molecule has 3 rings (SSSR count). The van der Waals surface area contributed by atoms with Crippen molar-refractivity contribution in [2.45, 2.75) is 12.2 Å². The summed E-state index contributed by atoms with van der Waals surface area (Å²) in [6.45, 7) is -0.0916. The Morgan fingerprint density at radius 2 is 1.43 bits per heavy atom. The molecular formula is C23H20O5. The van der Waals surface area contributed by atoms with E-state index in [9.17, 15) is 14.7 Å². The fourth-order valence-corrected chi connectivity index (χ4v) is 2.92. The van der Waals surface area contributed by atoms with E-state index < -0.39 is 17.5 Å². The van der Waals surface area contributed by atoms with Gasteiger partial charge in [-0.1, -0.05) is 72.8 Å². The molecule has 0 atom stereocenters. The van der Waals surface area contributed by atoms with Crippen molar-refractivity contribution in [3.8, 4) is 0 Å². The molecule has 0 fully saturated rings. The lowest BCUT2D eigenvalue weighted by atomic mass is 9.86. The molecule has 3 aromatic carbocycles. The van der Waals surface area contributed by atoms with Gasteiger partial charge in [-0.3, -0.25) is 0 Å². The molecule has 0 spiro atoms. The summed E-state index contributed by atoms with van der Waals surface area (Å²) in [5.74, 6) is -1.27. The molecule has 0 heterocycles. The second-order valence-corrected chi connectivity index (χ2v) is 6.21. The second-order valence-electron chi connectivity index (χ2n) is 6.21. The number of ether oxygens (including phenoxy) is 2. The van der Waals surface area contributed by atoms with Gasteiger partial charge in [-0.2, -0.15) is 0 Å². The largest absolute Gasteiger partial charge is 0.465 e. The smallest absolute Gasteiger partial charge is 0.348 e. The maximum atomic E-state index is 13.0. The van der Waals surface area contributed by atoms with Crippen LogP contribution in [0.2, 0.25) is 0 Å². The minimum absolute atomic E-state index is 0.0916. The quantitative estimate of drug-likeness (QED) is 0.667. The van der Waals surface area contributed by atoms with Crippen LogP contribution in [-0.4, -0.2) is 24.2 Å². The maximum Gasteiger partial charge on any atom is 0.348 e. The van der Waals surface area contributed by atoms with E-state index in [-0.39, 0.29) is 6.61 Å². The molecule has 1 N–H and O–H groups in total. The zero-order valence-electron chi connectivity index (χ0n) is 15.4. The fraction of sp³-hybridized carbons (Fsp3) is 0.130. The SMILES string of the molecule is COC(=O)c1cccc(COC(=O)C(O)(c2ccccc2)c2ccccc2)c1. The highest BCUT2D eigenvalue weighted by Gasteiger charge is 2.41. The molecule has 0 saturated carbocycles. The van der Waals surface area contributed by atoms with Gasteiger partial charge in [-0.15, -0.1) is 0 Å². The summed E-state index contributed by atoms with van der Waals surface area (Å²) < 4.78 is 10.1. The Morgan fingerprint density at radius 3 is 1.96 bits per heavy atom. The van der Waals surface area contributed by atoms with E-state index in [0.717, 1.165) is 0 Å². The molecule has 0 aliphatic carbocycles. The van der Waals surface area contributed by atoms with Gasteiger partial charge in [0.05, 0.1) is 12.7 Å². The Labute approximate surface area is 163 Å². The van der Waals surface area contributed by atoms with E-state index in [1.165, 1.54) is 7.11 Å². The number of benzene rings is 3. The van der Waals surface area contributed by atoms with Gasteiger partial charge in [-0.05, 0) is 28.8 Å². The van der Waals surface area contributed by atoms with Crippen molar-refractivity contribution < 1.29 is 24.2 Å². The summed E-state index contributed by atoms with van der Waals surface area (Å²) in [6, 6.07) is 23.9. The number of carbonyl (C=O) groups excluding carboxylic acids is 2. The van der Waals surface area contributed by atoms with Crippen molar-refractivity contribution in [1.82, 2.24) is 0 Å². The number of hydrogen-bond acceptors (Lipinski definition) is 5. The zero-order chi connectivity index (χ0) is 20.0. The second kappa shape index (κ2) is 8.50. The van der Waals surface area contributed by atoms with Crippen molar-refractivity contribution in [3.63, 3.8) is 0 Å². The fourth-order valence-electron chi connectivity index (χ4n) is 2.92. The summed E-state index contributed by atoms with van der Waals surface area (Å²) in [7, 11) is 1.30. The summed E-state index contributed by atoms with van der Waals surface area (Å²) in [5.41, 5.74) is -0.149. The molecule has 142 valence electrons. The first-order valence-corrected chi connectivity index (χ1v) is 8.73. The lowest BCUT2D eigenvalue weighted by Crippen LogP contribution is -2.38. The lowest BCUT2D eigenvalue weighted by molar-refractivity contribution is -0.163. The molecule has 5 nitrogen and oxygen atoms in total. The van der Waals surface area contributed by atoms with Crippen LogP contribution >= 0.6 is 0 Å². The number of esters is 2. The van der Waals surface area contributed by atoms with E-state index in [4.69, 9.17) is 9.47 Å². The number of methoxy groups -OCH3 is 1. The molecule has 5 heteroatoms. The predicted molar refractivity (Wildman–Crippen MR) is 103 cm³/mol. The Kier molecular flexibility index (Phi) is 5.87. The van der Waals surface area contributed by atoms with Gasteiger partial charge in [0.15, 0.2) is 0 Å². The highest BCUT2D eigenvalue weighted by atomic mass is 16.5. The molecule has 0 saturated heterocycles. The molecule has 0 bridgehead atoms. The summed E-state index contributed by atoms with van der Waals surface area (Å²) in [4.78, 5) is 24.6. The highest BCUT2D eigenvalue weighted by molar-refractivity contribution is 5.89. The molecule has 0 aromatic heterocycles. The van der Waals surface area contributed by atoms with Gasteiger partial charge < -0.3 is 14.6 Å². The molecule has 0 aliphatic rings. The lowest BCUT2D eigenvalue weighted by Gasteiger charge is -2.27. The monoisotopic (exact) mass is 376 g/mol. The average Bonchev–Trinajstić information content (AvgIpc) is 2.77. The van der Waals surface area contributed by atoms with E-state index in [1.807, 2.05) is 0 Å². The Morgan fingerprint density at radius 1 is 0.857 bits per heavy atom. The maximum absolute atomic E-state index is 13.0. The van der Waals surface area contributed by atoms with Crippen molar-refractivity contribution >= 4 is 11.9 Å². The number of rotatable bonds is 6. The topological polar surface area (TPSA) is 72.8 Å². The number of aliphatic hydroxyl groups is 1. The highest BCUT2D eigenvalue weighted by Crippen LogP contribution is 2.31. The summed E-state index contributed by atoms with van der Waals surface area (Å²) >= 11 is 0. The summed E-state index contributed by atoms with van der Waals surface area (Å²) in [6.07, 6.45) is 0. The molecule has 3 aromatic rings. The van der Waals surface area contributed by atoms with Gasteiger partial charge in [0.25, 0.3) is 0 Å². The normalized spacial score (nSPS) is 10.9. The van der Waals surface area contributed by atoms with Crippen LogP contribution in [0.15, 0.2) is 84.9 Å². The standard InChI is InChI=1S/C23H20O5/c1-27-21(24)18-10-8-9-17(15-18)16-28-22(25)23(26,19-11-4-2-5-12-19)20-13-6-3-7-14-20/h2-15,26H,16H2,1H3. The molecule has 0 aliphatic heterocycles. The minimum Gasteiger partial charge on any atom is -0.465 e. The van der Waals surface area contributed by atoms with Crippen molar-refractivity contribution in [2.24, 2.45) is 0 Å². The van der Waals surface area contributed by atoms with Crippen LogP contribution in [0, 0.1) is 0 Å². The van der Waals surface area contributed by atoms with E-state index in [2.05, 4.69) is 0 Å². The first kappa shape index (κ1) is 19.3. The van der Waals surface area contributed by atoms with Gasteiger partial charge in [-0.25, -0.2) is 9.59 Å². The molecule has 0 amide bonds. The number of carbonyl (C=O) groups is 2. The Hall–Kier alpha value is -3.44. The first-order chi connectivity index (χ1) is 13.6. The minimum atomic E-state index is -1.94. The van der Waals surface area contributed by atoms with Gasteiger partial charge in [0.1, 0.15) is 6.61 Å². The molecular weight excluding hydrogens is 356 g/mol. The van der Waals surface area contributed by atoms with Crippen LogP contribution in [0.1, 0.15) is 27.0 Å². The van der Waals surface area contributed by atoms with E-state index >= 15 is 0 Å². The number of hydrogen-bond donors (Lipinski definition) is 1. The third-order valence-electron chi connectivity index (χ3n) is 4.40. The van der Waals surface area contributed by atoms with Crippen molar-refractivity contribution in [3.05, 3.63) is 107 Å². The zero-order valence-corrected chi connectivity index (χ0v) is 15.4. The molecule has 28 heavy (non-hydrogen) atoms. The first-order valence-electron chi connectivity index (χ1n) is 8.73. The van der Waals surface area contributed by atoms with Gasteiger partial charge >= 0.3 is 11.9 Å². The van der Waals surface area contributed by atoms with Crippen LogP contribution < -0.4 is 0 Å². The summed E-state index contributed by atoms with van der Waals surface area (Å²) in [5, 5.41) is 11.3. The van der Waals surface area contributed by atoms with Crippen LogP contribution in [0.4, 0.5) is 0 Å². The molecule has 0 radical (unpaired) electrons. The van der Waals surface area contributed by atoms with E-state index in [1.54, 1.807) is 84.9 Å². The van der Waals surface area contributed by atoms with Crippen molar-refractivity contribution in [1.29, 1.82) is 0 Å². The van der Waals surface area contributed by atoms with Gasteiger partial charge in [0, 0.05) is 0 Å². The Balaban J connectivity index is 1.86.